The van der Waals surface area contributed by atoms with Crippen LogP contribution in [0.2, 0.25) is 0 Å². The normalized spacial score (nSPS) is 22.5. The number of carbonyl (C=O) groups is 2. The van der Waals surface area contributed by atoms with Crippen LogP contribution in [0.4, 0.5) is 0 Å². The molecule has 2 fully saturated rings. The van der Waals surface area contributed by atoms with Gasteiger partial charge >= 0.3 is 0 Å². The van der Waals surface area contributed by atoms with Gasteiger partial charge in [-0.05, 0) is 35.9 Å². The first-order chi connectivity index (χ1) is 16.1. The molecule has 2 aromatic rings. The quantitative estimate of drug-likeness (QED) is 0.416. The molecule has 3 aliphatic heterocycles. The van der Waals surface area contributed by atoms with E-state index in [4.69, 9.17) is 14.2 Å². The highest BCUT2D eigenvalue weighted by Gasteiger charge is 2.46. The summed E-state index contributed by atoms with van der Waals surface area (Å²) in [5, 5.41) is 11.2. The average Bonchev–Trinajstić information content (AvgIpc) is 3.12. The molecule has 1 N–H and O–H groups in total. The Bertz CT molecular complexity index is 1080. The van der Waals surface area contributed by atoms with Crippen LogP contribution in [0.5, 0.6) is 11.5 Å². The highest BCUT2D eigenvalue weighted by molar-refractivity contribution is 6.46. The van der Waals surface area contributed by atoms with Crippen LogP contribution in [0, 0.1) is 0 Å². The SMILES string of the molecule is O=C1C(=O)N(CCN2CCOCC2)C(c2ccncc2)C1=C(O)c1ccc2c(c1)OCCO2. The number of hydrogen-bond donors (Lipinski definition) is 1. The van der Waals surface area contributed by atoms with Crippen molar-refractivity contribution in [3.8, 4) is 11.5 Å². The summed E-state index contributed by atoms with van der Waals surface area (Å²) in [5.74, 6) is -0.488. The smallest absolute Gasteiger partial charge is 0.295 e. The van der Waals surface area contributed by atoms with Gasteiger partial charge in [-0.25, -0.2) is 0 Å². The number of pyridine rings is 1. The molecule has 2 saturated heterocycles. The van der Waals surface area contributed by atoms with Gasteiger partial charge in [-0.3, -0.25) is 19.5 Å². The number of fused-ring (bicyclic) bond motifs is 1. The van der Waals surface area contributed by atoms with Crippen LogP contribution < -0.4 is 9.47 Å². The Kier molecular flexibility index (Phi) is 5.97. The molecule has 9 nitrogen and oxygen atoms in total. The lowest BCUT2D eigenvalue weighted by Crippen LogP contribution is -2.42. The Morgan fingerprint density at radius 3 is 2.45 bits per heavy atom. The number of likely N-dealkylation sites (tertiary alicyclic amines) is 1. The summed E-state index contributed by atoms with van der Waals surface area (Å²) < 4.78 is 16.6. The van der Waals surface area contributed by atoms with Gasteiger partial charge in [0.25, 0.3) is 11.7 Å². The third-order valence-corrected chi connectivity index (χ3v) is 6.14. The molecule has 172 valence electrons. The van der Waals surface area contributed by atoms with Gasteiger partial charge in [0.05, 0.1) is 24.8 Å². The van der Waals surface area contributed by atoms with Gasteiger partial charge in [0.1, 0.15) is 19.0 Å². The molecular formula is C24H25N3O6. The summed E-state index contributed by atoms with van der Waals surface area (Å²) in [6.07, 6.45) is 3.23. The zero-order valence-electron chi connectivity index (χ0n) is 18.1. The number of ketones is 1. The van der Waals surface area contributed by atoms with Crippen LogP contribution in [0.3, 0.4) is 0 Å². The lowest BCUT2D eigenvalue weighted by atomic mass is 9.96. The molecule has 0 bridgehead atoms. The van der Waals surface area contributed by atoms with Gasteiger partial charge < -0.3 is 24.2 Å². The van der Waals surface area contributed by atoms with Crippen molar-refractivity contribution in [3.05, 3.63) is 59.4 Å². The standard InChI is InChI=1S/C24H25N3O6/c28-22(17-1-2-18-19(15-17)33-14-13-32-18)20-21(16-3-5-25-6-4-16)27(24(30)23(20)29)8-7-26-9-11-31-12-10-26/h1-6,15,21,28H,7-14H2. The number of Topliss-reactive ketones (excluding diaryl/α,β-unsaturated/α-hetero) is 1. The maximum Gasteiger partial charge on any atom is 0.295 e. The molecule has 0 saturated carbocycles. The molecule has 33 heavy (non-hydrogen) atoms. The summed E-state index contributed by atoms with van der Waals surface area (Å²) >= 11 is 0. The van der Waals surface area contributed by atoms with Crippen LogP contribution in [-0.4, -0.2) is 84.2 Å². The molecule has 1 atom stereocenters. The van der Waals surface area contributed by atoms with Crippen LogP contribution in [0.1, 0.15) is 17.2 Å². The van der Waals surface area contributed by atoms with Crippen molar-refractivity contribution in [1.82, 2.24) is 14.8 Å². The van der Waals surface area contributed by atoms with Crippen molar-refractivity contribution in [3.63, 3.8) is 0 Å². The zero-order valence-corrected chi connectivity index (χ0v) is 18.1. The number of amides is 1. The van der Waals surface area contributed by atoms with E-state index in [1.807, 2.05) is 0 Å². The van der Waals surface area contributed by atoms with E-state index in [0.29, 0.717) is 62.1 Å². The molecule has 0 spiro atoms. The van der Waals surface area contributed by atoms with Gasteiger partial charge in [-0.2, -0.15) is 0 Å². The Morgan fingerprint density at radius 2 is 1.70 bits per heavy atom. The lowest BCUT2D eigenvalue weighted by molar-refractivity contribution is -0.140. The molecule has 3 aliphatic rings. The molecular weight excluding hydrogens is 426 g/mol. The largest absolute Gasteiger partial charge is 0.507 e. The first-order valence-corrected chi connectivity index (χ1v) is 11.0. The highest BCUT2D eigenvalue weighted by atomic mass is 16.6. The molecule has 0 radical (unpaired) electrons. The van der Waals surface area contributed by atoms with E-state index in [0.717, 1.165) is 13.1 Å². The van der Waals surface area contributed by atoms with Crippen molar-refractivity contribution >= 4 is 17.4 Å². The molecule has 1 amide bonds. The molecule has 0 aliphatic carbocycles. The van der Waals surface area contributed by atoms with Crippen LogP contribution in [0.15, 0.2) is 48.3 Å². The molecule has 5 rings (SSSR count). The molecule has 1 unspecified atom stereocenters. The van der Waals surface area contributed by atoms with E-state index < -0.39 is 17.7 Å². The number of aliphatic hydroxyl groups excluding tert-OH is 1. The monoisotopic (exact) mass is 451 g/mol. The predicted octanol–water partition coefficient (Wildman–Crippen LogP) is 1.61. The Labute approximate surface area is 191 Å². The Balaban J connectivity index is 1.52. The van der Waals surface area contributed by atoms with E-state index in [9.17, 15) is 14.7 Å². The van der Waals surface area contributed by atoms with Gasteiger partial charge in [0.15, 0.2) is 11.5 Å². The zero-order chi connectivity index (χ0) is 22.8. The minimum absolute atomic E-state index is 0.0601. The first-order valence-electron chi connectivity index (χ1n) is 11.0. The minimum atomic E-state index is -0.706. The summed E-state index contributed by atoms with van der Waals surface area (Å²) in [6, 6.07) is 7.80. The number of aromatic nitrogens is 1. The summed E-state index contributed by atoms with van der Waals surface area (Å²) in [6.45, 7) is 4.68. The fourth-order valence-electron chi connectivity index (χ4n) is 4.42. The third kappa shape index (κ3) is 4.17. The van der Waals surface area contributed by atoms with E-state index in [-0.39, 0.29) is 11.3 Å². The van der Waals surface area contributed by atoms with Crippen molar-refractivity contribution in [2.45, 2.75) is 6.04 Å². The molecule has 4 heterocycles. The molecule has 1 aromatic carbocycles. The van der Waals surface area contributed by atoms with Crippen LogP contribution in [-0.2, 0) is 14.3 Å². The second-order valence-electron chi connectivity index (χ2n) is 8.09. The fourth-order valence-corrected chi connectivity index (χ4v) is 4.42. The Morgan fingerprint density at radius 1 is 0.970 bits per heavy atom. The average molecular weight is 451 g/mol. The van der Waals surface area contributed by atoms with Crippen molar-refractivity contribution in [2.24, 2.45) is 0 Å². The number of ether oxygens (including phenoxy) is 3. The van der Waals surface area contributed by atoms with Crippen LogP contribution in [0.25, 0.3) is 5.76 Å². The number of nitrogens with zero attached hydrogens (tertiary/aromatic N) is 3. The number of rotatable bonds is 5. The second kappa shape index (κ2) is 9.21. The number of aliphatic hydroxyl groups is 1. The second-order valence-corrected chi connectivity index (χ2v) is 8.09. The van der Waals surface area contributed by atoms with Crippen molar-refractivity contribution < 1.29 is 28.9 Å². The van der Waals surface area contributed by atoms with Crippen LogP contribution >= 0.6 is 0 Å². The van der Waals surface area contributed by atoms with E-state index in [1.54, 1.807) is 42.7 Å². The van der Waals surface area contributed by atoms with Crippen molar-refractivity contribution in [1.29, 1.82) is 0 Å². The van der Waals surface area contributed by atoms with E-state index in [1.165, 1.54) is 4.90 Å². The maximum atomic E-state index is 13.1. The molecule has 9 heteroatoms. The van der Waals surface area contributed by atoms with E-state index >= 15 is 0 Å². The summed E-state index contributed by atoms with van der Waals surface area (Å²) in [7, 11) is 0. The highest BCUT2D eigenvalue weighted by Crippen LogP contribution is 2.40. The van der Waals surface area contributed by atoms with Gasteiger partial charge in [-0.15, -0.1) is 0 Å². The number of benzene rings is 1. The lowest BCUT2D eigenvalue weighted by Gasteiger charge is -2.31. The first kappa shape index (κ1) is 21.4. The number of morpholine rings is 1. The third-order valence-electron chi connectivity index (χ3n) is 6.14. The predicted molar refractivity (Wildman–Crippen MR) is 118 cm³/mol. The van der Waals surface area contributed by atoms with Gasteiger partial charge in [0.2, 0.25) is 0 Å². The van der Waals surface area contributed by atoms with Gasteiger partial charge in [0, 0.05) is 44.1 Å². The number of carbonyl (C=O) groups excluding carboxylic acids is 2. The number of hydrogen-bond acceptors (Lipinski definition) is 8. The van der Waals surface area contributed by atoms with Gasteiger partial charge in [-0.1, -0.05) is 0 Å². The summed E-state index contributed by atoms with van der Waals surface area (Å²) in [5.41, 5.74) is 1.17. The maximum absolute atomic E-state index is 13.1. The minimum Gasteiger partial charge on any atom is -0.507 e. The summed E-state index contributed by atoms with van der Waals surface area (Å²) in [4.78, 5) is 34.0. The molecule has 1 aromatic heterocycles. The van der Waals surface area contributed by atoms with Crippen molar-refractivity contribution in [2.75, 3.05) is 52.6 Å². The fraction of sp³-hybridized carbons (Fsp3) is 0.375. The Hall–Kier alpha value is -3.43. The van der Waals surface area contributed by atoms with E-state index in [2.05, 4.69) is 9.88 Å². The topological polar surface area (TPSA) is 101 Å².